The Labute approximate surface area is 213 Å². The summed E-state index contributed by atoms with van der Waals surface area (Å²) in [5.74, 6) is -1.08. The number of aromatic nitrogens is 2. The largest absolute Gasteiger partial charge is 0.490 e. The van der Waals surface area contributed by atoms with Crippen LogP contribution in [-0.4, -0.2) is 64.3 Å². The van der Waals surface area contributed by atoms with Gasteiger partial charge in [0.05, 0.1) is 11.0 Å². The highest BCUT2D eigenvalue weighted by Gasteiger charge is 2.38. The van der Waals surface area contributed by atoms with Gasteiger partial charge in [0.15, 0.2) is 11.6 Å². The number of fused-ring (bicyclic) bond motifs is 1. The van der Waals surface area contributed by atoms with Crippen LogP contribution in [0.1, 0.15) is 18.4 Å². The molecule has 0 unspecified atom stereocenters. The van der Waals surface area contributed by atoms with E-state index in [1.807, 2.05) is 30.3 Å². The molecule has 0 radical (unpaired) electrons. The van der Waals surface area contributed by atoms with Gasteiger partial charge in [-0.05, 0) is 43.2 Å². The number of rotatable bonds is 5. The third-order valence-corrected chi connectivity index (χ3v) is 6.28. The lowest BCUT2D eigenvalue weighted by Crippen LogP contribution is -2.46. The van der Waals surface area contributed by atoms with Crippen LogP contribution < -0.4 is 10.2 Å². The number of nitrogens with one attached hydrogen (secondary N) is 1. The maximum Gasteiger partial charge on any atom is 0.490 e. The van der Waals surface area contributed by atoms with E-state index in [4.69, 9.17) is 19.9 Å². The Morgan fingerprint density at radius 1 is 1.06 bits per heavy atom. The summed E-state index contributed by atoms with van der Waals surface area (Å²) in [5, 5.41) is 10.7. The number of hydrogen-bond acceptors (Lipinski definition) is 6. The second kappa shape index (κ2) is 11.0. The summed E-state index contributed by atoms with van der Waals surface area (Å²) < 4.78 is 46.8. The standard InChI is InChI=1S/C22H23BrFN5.C2HF3O2/c23-16-5-8-18(24)15(13-16)14-28-9-11-29(12-10-28)22-21(25-17-6-7-17)26-19-3-1-2-4-20(19)27-22;3-2(4,5)1(6)7/h1-5,8,13,17H,6-7,9-12,14H2,(H,25,26);(H,6,7). The van der Waals surface area contributed by atoms with E-state index in [-0.39, 0.29) is 5.82 Å². The van der Waals surface area contributed by atoms with Gasteiger partial charge < -0.3 is 15.3 Å². The quantitative estimate of drug-likeness (QED) is 0.415. The van der Waals surface area contributed by atoms with Gasteiger partial charge >= 0.3 is 12.1 Å². The molecule has 1 aliphatic heterocycles. The molecule has 2 fully saturated rings. The molecule has 1 saturated carbocycles. The third kappa shape index (κ3) is 6.82. The lowest BCUT2D eigenvalue weighted by Gasteiger charge is -2.36. The van der Waals surface area contributed by atoms with Crippen molar-refractivity contribution in [3.05, 3.63) is 58.3 Å². The van der Waals surface area contributed by atoms with E-state index in [0.29, 0.717) is 12.6 Å². The van der Waals surface area contributed by atoms with Crippen molar-refractivity contribution in [1.29, 1.82) is 0 Å². The van der Waals surface area contributed by atoms with Crippen LogP contribution in [0.5, 0.6) is 0 Å². The van der Waals surface area contributed by atoms with Crippen molar-refractivity contribution in [2.75, 3.05) is 36.4 Å². The minimum Gasteiger partial charge on any atom is -0.475 e. The van der Waals surface area contributed by atoms with Gasteiger partial charge in [-0.2, -0.15) is 13.2 Å². The van der Waals surface area contributed by atoms with Gasteiger partial charge in [-0.3, -0.25) is 4.90 Å². The van der Waals surface area contributed by atoms with Crippen molar-refractivity contribution in [2.45, 2.75) is 31.6 Å². The van der Waals surface area contributed by atoms with Gasteiger partial charge in [-0.25, -0.2) is 19.2 Å². The maximum atomic E-state index is 14.1. The van der Waals surface area contributed by atoms with Crippen molar-refractivity contribution in [2.24, 2.45) is 0 Å². The molecular weight excluding hydrogens is 546 g/mol. The number of benzene rings is 2. The predicted octanol–water partition coefficient (Wildman–Crippen LogP) is 5.06. The number of carboxylic acid groups (broad SMARTS) is 1. The van der Waals surface area contributed by atoms with E-state index < -0.39 is 12.1 Å². The van der Waals surface area contributed by atoms with E-state index >= 15 is 0 Å². The molecule has 192 valence electrons. The fourth-order valence-corrected chi connectivity index (χ4v) is 4.16. The van der Waals surface area contributed by atoms with Gasteiger partial charge in [-0.1, -0.05) is 28.1 Å². The van der Waals surface area contributed by atoms with Gasteiger partial charge in [0.25, 0.3) is 0 Å². The van der Waals surface area contributed by atoms with Gasteiger partial charge in [0, 0.05) is 48.8 Å². The highest BCUT2D eigenvalue weighted by Crippen LogP contribution is 2.31. The average Bonchev–Trinajstić information content (AvgIpc) is 3.65. The number of aliphatic carboxylic acids is 1. The zero-order valence-corrected chi connectivity index (χ0v) is 20.7. The first-order valence-corrected chi connectivity index (χ1v) is 12.1. The van der Waals surface area contributed by atoms with Crippen LogP contribution in [0.15, 0.2) is 46.9 Å². The third-order valence-electron chi connectivity index (χ3n) is 5.79. The molecule has 0 spiro atoms. The van der Waals surface area contributed by atoms with Crippen LogP contribution in [0.3, 0.4) is 0 Å². The summed E-state index contributed by atoms with van der Waals surface area (Å²) in [5.41, 5.74) is 2.57. The Balaban J connectivity index is 0.000000384. The van der Waals surface area contributed by atoms with Crippen LogP contribution in [0, 0.1) is 5.82 Å². The molecule has 7 nitrogen and oxygen atoms in total. The molecule has 0 atom stereocenters. The number of anilines is 2. The molecule has 1 aromatic heterocycles. The molecule has 36 heavy (non-hydrogen) atoms. The van der Waals surface area contributed by atoms with Crippen molar-refractivity contribution in [3.63, 3.8) is 0 Å². The van der Waals surface area contributed by atoms with E-state index in [0.717, 1.165) is 58.9 Å². The summed E-state index contributed by atoms with van der Waals surface area (Å²) in [6, 6.07) is 13.7. The smallest absolute Gasteiger partial charge is 0.475 e. The number of alkyl halides is 3. The molecule has 1 saturated heterocycles. The number of para-hydroxylation sites is 2. The summed E-state index contributed by atoms with van der Waals surface area (Å²) >= 11 is 3.44. The highest BCUT2D eigenvalue weighted by molar-refractivity contribution is 9.10. The Hall–Kier alpha value is -2.99. The maximum absolute atomic E-state index is 14.1. The number of hydrogen-bond donors (Lipinski definition) is 2. The van der Waals surface area contributed by atoms with Crippen LogP contribution >= 0.6 is 15.9 Å². The van der Waals surface area contributed by atoms with Crippen molar-refractivity contribution in [3.8, 4) is 0 Å². The van der Waals surface area contributed by atoms with Crippen LogP contribution in [0.4, 0.5) is 29.2 Å². The SMILES string of the molecule is Fc1ccc(Br)cc1CN1CCN(c2nc3ccccc3nc2NC2CC2)CC1.O=C(O)C(F)(F)F. The minimum atomic E-state index is -5.08. The Morgan fingerprint density at radius 2 is 1.67 bits per heavy atom. The topological polar surface area (TPSA) is 81.6 Å². The molecule has 2 N–H and O–H groups in total. The second-order valence-corrected chi connectivity index (χ2v) is 9.52. The molecule has 5 rings (SSSR count). The minimum absolute atomic E-state index is 0.146. The van der Waals surface area contributed by atoms with E-state index in [1.165, 1.54) is 18.9 Å². The first-order valence-electron chi connectivity index (χ1n) is 11.3. The van der Waals surface area contributed by atoms with Gasteiger partial charge in [0.1, 0.15) is 5.82 Å². The molecule has 0 bridgehead atoms. The van der Waals surface area contributed by atoms with Crippen molar-refractivity contribution >= 4 is 44.6 Å². The number of carboxylic acids is 1. The number of piperazine rings is 1. The van der Waals surface area contributed by atoms with Crippen LogP contribution in [0.25, 0.3) is 11.0 Å². The molecule has 2 aromatic carbocycles. The van der Waals surface area contributed by atoms with Gasteiger partial charge in [-0.15, -0.1) is 0 Å². The van der Waals surface area contributed by atoms with Crippen LogP contribution in [-0.2, 0) is 11.3 Å². The number of carbonyl (C=O) groups is 1. The molecule has 1 aliphatic carbocycles. The highest BCUT2D eigenvalue weighted by atomic mass is 79.9. The summed E-state index contributed by atoms with van der Waals surface area (Å²) in [6.45, 7) is 4.05. The number of nitrogens with zero attached hydrogens (tertiary/aromatic N) is 4. The fraction of sp³-hybridized carbons (Fsp3) is 0.375. The monoisotopic (exact) mass is 569 g/mol. The molecule has 0 amide bonds. The molecular formula is C24H24BrF4N5O2. The fourth-order valence-electron chi connectivity index (χ4n) is 3.75. The van der Waals surface area contributed by atoms with Crippen molar-refractivity contribution in [1.82, 2.24) is 14.9 Å². The van der Waals surface area contributed by atoms with Crippen LogP contribution in [0.2, 0.25) is 0 Å². The molecule has 2 aliphatic rings. The summed E-state index contributed by atoms with van der Waals surface area (Å²) in [6.07, 6.45) is -2.69. The van der Waals surface area contributed by atoms with E-state index in [9.17, 15) is 17.6 Å². The summed E-state index contributed by atoms with van der Waals surface area (Å²) in [4.78, 5) is 23.3. The Morgan fingerprint density at radius 3 is 2.25 bits per heavy atom. The average molecular weight is 570 g/mol. The predicted molar refractivity (Wildman–Crippen MR) is 131 cm³/mol. The zero-order valence-electron chi connectivity index (χ0n) is 19.1. The summed E-state index contributed by atoms with van der Waals surface area (Å²) in [7, 11) is 0. The molecule has 3 aromatic rings. The lowest BCUT2D eigenvalue weighted by molar-refractivity contribution is -0.192. The Kier molecular flexibility index (Phi) is 7.94. The normalized spacial score (nSPS) is 16.4. The molecule has 12 heteroatoms. The number of halogens is 5. The Bertz CT molecular complexity index is 1230. The molecule has 2 heterocycles. The van der Waals surface area contributed by atoms with E-state index in [1.54, 1.807) is 6.07 Å². The second-order valence-electron chi connectivity index (χ2n) is 8.60. The van der Waals surface area contributed by atoms with Gasteiger partial charge in [0.2, 0.25) is 0 Å². The zero-order chi connectivity index (χ0) is 25.9. The van der Waals surface area contributed by atoms with Crippen molar-refractivity contribution < 1.29 is 27.5 Å². The van der Waals surface area contributed by atoms with E-state index in [2.05, 4.69) is 31.0 Å². The first-order chi connectivity index (χ1) is 17.1. The first kappa shape index (κ1) is 26.1. The lowest BCUT2D eigenvalue weighted by atomic mass is 10.2.